The first-order valence-electron chi connectivity index (χ1n) is 8.53. The first kappa shape index (κ1) is 18.4. The fraction of sp³-hybridized carbons (Fsp3) is 0.316. The molecule has 138 valence electrons. The molecule has 0 aliphatic heterocycles. The zero-order valence-electron chi connectivity index (χ0n) is 14.8. The number of rotatable bonds is 7. The van der Waals surface area contributed by atoms with E-state index in [1.165, 1.54) is 24.8 Å². The number of ether oxygens (including phenoxy) is 1. The first-order valence-corrected chi connectivity index (χ1v) is 10.0. The van der Waals surface area contributed by atoms with Gasteiger partial charge in [-0.1, -0.05) is 19.1 Å². The molecule has 1 saturated carbocycles. The zero-order valence-corrected chi connectivity index (χ0v) is 15.6. The number of aryl methyl sites for hydroxylation is 1. The topological polar surface area (TPSA) is 84.5 Å². The quantitative estimate of drug-likeness (QED) is 0.780. The number of carbonyl (C=O) groups excluding carboxylic acids is 1. The summed E-state index contributed by atoms with van der Waals surface area (Å²) in [6, 6.07) is 11.9. The number of carbonyl (C=O) groups is 1. The smallest absolute Gasteiger partial charge is 0.255 e. The van der Waals surface area contributed by atoms with Crippen molar-refractivity contribution in [2.75, 3.05) is 12.4 Å². The lowest BCUT2D eigenvalue weighted by Gasteiger charge is -2.12. The van der Waals surface area contributed by atoms with Gasteiger partial charge in [-0.3, -0.25) is 4.79 Å². The molecule has 2 N–H and O–H groups in total. The van der Waals surface area contributed by atoms with Crippen molar-refractivity contribution in [2.45, 2.75) is 37.1 Å². The molecule has 0 radical (unpaired) electrons. The van der Waals surface area contributed by atoms with E-state index in [2.05, 4.69) is 17.0 Å². The highest BCUT2D eigenvalue weighted by Crippen LogP contribution is 2.28. The van der Waals surface area contributed by atoms with Crippen molar-refractivity contribution in [2.24, 2.45) is 0 Å². The van der Waals surface area contributed by atoms with E-state index >= 15 is 0 Å². The van der Waals surface area contributed by atoms with Crippen LogP contribution >= 0.6 is 0 Å². The number of nitrogens with one attached hydrogen (secondary N) is 2. The Morgan fingerprint density at radius 1 is 1.15 bits per heavy atom. The van der Waals surface area contributed by atoms with E-state index in [1.54, 1.807) is 6.07 Å². The lowest BCUT2D eigenvalue weighted by atomic mass is 10.1. The minimum absolute atomic E-state index is 0.0270. The van der Waals surface area contributed by atoms with Crippen LogP contribution in [0.2, 0.25) is 0 Å². The minimum Gasteiger partial charge on any atom is -0.495 e. The predicted molar refractivity (Wildman–Crippen MR) is 100 cm³/mol. The third-order valence-corrected chi connectivity index (χ3v) is 5.78. The molecule has 0 spiro atoms. The molecule has 0 unspecified atom stereocenters. The number of amides is 1. The van der Waals surface area contributed by atoms with Gasteiger partial charge in [0.2, 0.25) is 10.0 Å². The number of anilines is 1. The van der Waals surface area contributed by atoms with E-state index < -0.39 is 10.0 Å². The largest absolute Gasteiger partial charge is 0.495 e. The summed E-state index contributed by atoms with van der Waals surface area (Å²) in [6.07, 6.45) is 2.58. The van der Waals surface area contributed by atoms with Crippen molar-refractivity contribution >= 4 is 21.6 Å². The van der Waals surface area contributed by atoms with Crippen LogP contribution in [0.3, 0.4) is 0 Å². The Labute approximate surface area is 153 Å². The molecule has 1 amide bonds. The summed E-state index contributed by atoms with van der Waals surface area (Å²) in [5, 5.41) is 2.78. The summed E-state index contributed by atoms with van der Waals surface area (Å²) in [6.45, 7) is 2.06. The van der Waals surface area contributed by atoms with Gasteiger partial charge in [0.05, 0.1) is 7.11 Å². The van der Waals surface area contributed by atoms with Crippen LogP contribution in [-0.2, 0) is 16.4 Å². The van der Waals surface area contributed by atoms with Crippen LogP contribution in [0.1, 0.15) is 35.7 Å². The van der Waals surface area contributed by atoms with Crippen molar-refractivity contribution in [1.29, 1.82) is 0 Å². The molecule has 7 heteroatoms. The standard InChI is InChI=1S/C19H22N2O4S/c1-3-13-4-7-15(8-5-13)20-19(22)14-6-11-17(25-2)18(12-14)26(23,24)21-16-9-10-16/h4-8,11-12,16,21H,3,9-10H2,1-2H3,(H,20,22). The SMILES string of the molecule is CCc1ccc(NC(=O)c2ccc(OC)c(S(=O)(=O)NC3CC3)c2)cc1. The van der Waals surface area contributed by atoms with Gasteiger partial charge in [0.1, 0.15) is 10.6 Å². The summed E-state index contributed by atoms with van der Waals surface area (Å²) < 4.78 is 32.9. The van der Waals surface area contributed by atoms with Gasteiger partial charge in [0.15, 0.2) is 0 Å². The maximum atomic E-state index is 12.5. The van der Waals surface area contributed by atoms with Crippen LogP contribution in [0.5, 0.6) is 5.75 Å². The van der Waals surface area contributed by atoms with Crippen molar-refractivity contribution in [3.63, 3.8) is 0 Å². The van der Waals surface area contributed by atoms with Gasteiger partial charge in [0, 0.05) is 17.3 Å². The van der Waals surface area contributed by atoms with Crippen molar-refractivity contribution in [3.8, 4) is 5.75 Å². The van der Waals surface area contributed by atoms with E-state index in [4.69, 9.17) is 4.74 Å². The Kier molecular flexibility index (Phi) is 5.29. The Morgan fingerprint density at radius 3 is 2.42 bits per heavy atom. The van der Waals surface area contributed by atoms with Gasteiger partial charge in [-0.2, -0.15) is 0 Å². The third kappa shape index (κ3) is 4.23. The second-order valence-electron chi connectivity index (χ2n) is 6.27. The van der Waals surface area contributed by atoms with Crippen LogP contribution in [0.15, 0.2) is 47.4 Å². The molecular weight excluding hydrogens is 352 g/mol. The number of hydrogen-bond acceptors (Lipinski definition) is 4. The van der Waals surface area contributed by atoms with E-state index in [9.17, 15) is 13.2 Å². The lowest BCUT2D eigenvalue weighted by Crippen LogP contribution is -2.26. The fourth-order valence-corrected chi connectivity index (χ4v) is 4.04. The maximum absolute atomic E-state index is 12.5. The molecule has 2 aromatic carbocycles. The Morgan fingerprint density at radius 2 is 1.85 bits per heavy atom. The summed E-state index contributed by atoms with van der Waals surface area (Å²) in [7, 11) is -2.33. The molecular formula is C19H22N2O4S. The van der Waals surface area contributed by atoms with Crippen LogP contribution < -0.4 is 14.8 Å². The van der Waals surface area contributed by atoms with Crippen molar-refractivity contribution in [1.82, 2.24) is 4.72 Å². The van der Waals surface area contributed by atoms with Gasteiger partial charge in [-0.25, -0.2) is 13.1 Å². The average molecular weight is 374 g/mol. The van der Waals surface area contributed by atoms with E-state index in [0.29, 0.717) is 5.69 Å². The van der Waals surface area contributed by atoms with E-state index in [0.717, 1.165) is 19.3 Å². The summed E-state index contributed by atoms with van der Waals surface area (Å²) in [5.41, 5.74) is 2.08. The van der Waals surface area contributed by atoms with Gasteiger partial charge >= 0.3 is 0 Å². The van der Waals surface area contributed by atoms with Gasteiger partial charge in [-0.05, 0) is 55.2 Å². The van der Waals surface area contributed by atoms with Crippen LogP contribution in [0.25, 0.3) is 0 Å². The van der Waals surface area contributed by atoms with Crippen LogP contribution in [0, 0.1) is 0 Å². The van der Waals surface area contributed by atoms with Gasteiger partial charge in [-0.15, -0.1) is 0 Å². The van der Waals surface area contributed by atoms with Crippen molar-refractivity contribution < 1.29 is 17.9 Å². The highest BCUT2D eigenvalue weighted by Gasteiger charge is 2.30. The zero-order chi connectivity index (χ0) is 18.7. The molecule has 0 atom stereocenters. The lowest BCUT2D eigenvalue weighted by molar-refractivity contribution is 0.102. The molecule has 0 aromatic heterocycles. The third-order valence-electron chi connectivity index (χ3n) is 4.23. The molecule has 1 fully saturated rings. The summed E-state index contributed by atoms with van der Waals surface area (Å²) in [4.78, 5) is 12.5. The van der Waals surface area contributed by atoms with E-state index in [1.807, 2.05) is 24.3 Å². The minimum atomic E-state index is -3.73. The highest BCUT2D eigenvalue weighted by atomic mass is 32.2. The molecule has 0 saturated heterocycles. The van der Waals surface area contributed by atoms with Gasteiger partial charge in [0.25, 0.3) is 5.91 Å². The van der Waals surface area contributed by atoms with E-state index in [-0.39, 0.29) is 28.2 Å². The number of hydrogen-bond donors (Lipinski definition) is 2. The second-order valence-corrected chi connectivity index (χ2v) is 7.95. The first-order chi connectivity index (χ1) is 12.4. The van der Waals surface area contributed by atoms with Crippen molar-refractivity contribution in [3.05, 3.63) is 53.6 Å². The molecule has 1 aliphatic carbocycles. The molecule has 6 nitrogen and oxygen atoms in total. The summed E-state index contributed by atoms with van der Waals surface area (Å²) >= 11 is 0. The van der Waals surface area contributed by atoms with Gasteiger partial charge < -0.3 is 10.1 Å². The Bertz CT molecular complexity index is 904. The molecule has 0 bridgehead atoms. The number of methoxy groups -OCH3 is 1. The average Bonchev–Trinajstić information content (AvgIpc) is 3.45. The Balaban J connectivity index is 1.84. The molecule has 2 aromatic rings. The molecule has 1 aliphatic rings. The summed E-state index contributed by atoms with van der Waals surface area (Å²) in [5.74, 6) is -0.165. The maximum Gasteiger partial charge on any atom is 0.255 e. The highest BCUT2D eigenvalue weighted by molar-refractivity contribution is 7.89. The molecule has 26 heavy (non-hydrogen) atoms. The Hall–Kier alpha value is -2.38. The monoisotopic (exact) mass is 374 g/mol. The molecule has 0 heterocycles. The van der Waals surface area contributed by atoms with Crippen LogP contribution in [0.4, 0.5) is 5.69 Å². The fourth-order valence-electron chi connectivity index (χ4n) is 2.54. The van der Waals surface area contributed by atoms with Crippen LogP contribution in [-0.4, -0.2) is 27.5 Å². The number of sulfonamides is 1. The second kappa shape index (κ2) is 7.47. The molecule has 3 rings (SSSR count). The predicted octanol–water partition coefficient (Wildman–Crippen LogP) is 2.95. The number of benzene rings is 2. The normalized spacial score (nSPS) is 14.1.